The Bertz CT molecular complexity index is 892. The van der Waals surface area contributed by atoms with Crippen LogP contribution >= 0.6 is 11.6 Å². The second-order valence-electron chi connectivity index (χ2n) is 5.43. The minimum Gasteiger partial charge on any atom is -0.503 e. The Morgan fingerprint density at radius 1 is 1.30 bits per heavy atom. The van der Waals surface area contributed by atoms with Crippen molar-refractivity contribution in [2.45, 2.75) is 19.4 Å². The number of nitrogen functional groups attached to an aromatic ring is 1. The molecule has 0 amide bonds. The first-order chi connectivity index (χ1) is 10.9. The van der Waals surface area contributed by atoms with Crippen molar-refractivity contribution in [1.29, 1.82) is 0 Å². The van der Waals surface area contributed by atoms with Gasteiger partial charge in [0.2, 0.25) is 5.95 Å². The Labute approximate surface area is 136 Å². The van der Waals surface area contributed by atoms with Crippen molar-refractivity contribution in [1.82, 2.24) is 24.5 Å². The first-order valence-electron chi connectivity index (χ1n) is 6.75. The maximum absolute atomic E-state index is 10.4. The molecule has 0 spiro atoms. The third kappa shape index (κ3) is 2.31. The minimum atomic E-state index is -0.780. The standard InChI is InChI=1S/C14H15ClN6O2/c1-14(2,10-9(22)7(23-3)4-5-17-10)21-6-18-8-11(15)19-13(16)20-12(8)21/h4-6,22H,1-3H3,(H2,16,19,20). The third-order valence-corrected chi connectivity index (χ3v) is 3.92. The van der Waals surface area contributed by atoms with Gasteiger partial charge in [0, 0.05) is 12.3 Å². The summed E-state index contributed by atoms with van der Waals surface area (Å²) in [6.07, 6.45) is 3.12. The van der Waals surface area contributed by atoms with Crippen LogP contribution in [0.3, 0.4) is 0 Å². The molecule has 3 heterocycles. The molecule has 9 heteroatoms. The van der Waals surface area contributed by atoms with E-state index in [0.29, 0.717) is 22.6 Å². The minimum absolute atomic E-state index is 0.0443. The van der Waals surface area contributed by atoms with E-state index in [2.05, 4.69) is 19.9 Å². The van der Waals surface area contributed by atoms with Gasteiger partial charge in [-0.05, 0) is 13.8 Å². The molecule has 8 nitrogen and oxygen atoms in total. The number of halogens is 1. The number of ether oxygens (including phenoxy) is 1. The molecule has 0 radical (unpaired) electrons. The van der Waals surface area contributed by atoms with Crippen LogP contribution < -0.4 is 10.5 Å². The molecule has 0 fully saturated rings. The topological polar surface area (TPSA) is 112 Å². The Kier molecular flexibility index (Phi) is 3.48. The summed E-state index contributed by atoms with van der Waals surface area (Å²) >= 11 is 6.06. The van der Waals surface area contributed by atoms with Gasteiger partial charge < -0.3 is 20.1 Å². The summed E-state index contributed by atoms with van der Waals surface area (Å²) in [5.74, 6) is 0.331. The summed E-state index contributed by atoms with van der Waals surface area (Å²) in [6, 6.07) is 1.58. The van der Waals surface area contributed by atoms with Crippen LogP contribution in [0.5, 0.6) is 11.5 Å². The fraction of sp³-hybridized carbons (Fsp3) is 0.286. The van der Waals surface area contributed by atoms with E-state index in [1.54, 1.807) is 23.2 Å². The van der Waals surface area contributed by atoms with E-state index in [1.807, 2.05) is 13.8 Å². The van der Waals surface area contributed by atoms with Crippen LogP contribution in [-0.2, 0) is 5.54 Å². The van der Waals surface area contributed by atoms with Crippen molar-refractivity contribution in [3.63, 3.8) is 0 Å². The largest absolute Gasteiger partial charge is 0.503 e. The molecular formula is C14H15ClN6O2. The van der Waals surface area contributed by atoms with E-state index < -0.39 is 5.54 Å². The molecule has 0 unspecified atom stereocenters. The zero-order valence-corrected chi connectivity index (χ0v) is 13.5. The van der Waals surface area contributed by atoms with Crippen LogP contribution in [0, 0.1) is 0 Å². The van der Waals surface area contributed by atoms with Crippen LogP contribution in [0.4, 0.5) is 5.95 Å². The summed E-state index contributed by atoms with van der Waals surface area (Å²) in [5, 5.41) is 10.6. The highest BCUT2D eigenvalue weighted by molar-refractivity contribution is 6.33. The van der Waals surface area contributed by atoms with E-state index in [9.17, 15) is 5.11 Å². The Hall–Kier alpha value is -2.61. The number of imidazole rings is 1. The molecule has 0 aromatic carbocycles. The van der Waals surface area contributed by atoms with Gasteiger partial charge in [0.25, 0.3) is 0 Å². The summed E-state index contributed by atoms with van der Waals surface area (Å²) < 4.78 is 6.87. The highest BCUT2D eigenvalue weighted by Crippen LogP contribution is 2.38. The molecule has 3 rings (SSSR count). The Balaban J connectivity index is 2.25. The van der Waals surface area contributed by atoms with E-state index in [-0.39, 0.29) is 16.9 Å². The lowest BCUT2D eigenvalue weighted by Gasteiger charge is -2.27. The molecule has 0 aliphatic rings. The average molecular weight is 335 g/mol. The molecule has 0 saturated carbocycles. The highest BCUT2D eigenvalue weighted by atomic mass is 35.5. The number of nitrogens with zero attached hydrogens (tertiary/aromatic N) is 5. The van der Waals surface area contributed by atoms with Crippen LogP contribution in [0.2, 0.25) is 5.15 Å². The van der Waals surface area contributed by atoms with Crippen LogP contribution in [0.25, 0.3) is 11.2 Å². The van der Waals surface area contributed by atoms with E-state index in [0.717, 1.165) is 0 Å². The van der Waals surface area contributed by atoms with E-state index in [1.165, 1.54) is 7.11 Å². The normalized spacial score (nSPS) is 11.8. The molecule has 3 N–H and O–H groups in total. The molecule has 23 heavy (non-hydrogen) atoms. The lowest BCUT2D eigenvalue weighted by molar-refractivity contribution is 0.346. The van der Waals surface area contributed by atoms with Crippen molar-refractivity contribution < 1.29 is 9.84 Å². The van der Waals surface area contributed by atoms with E-state index >= 15 is 0 Å². The number of anilines is 1. The number of hydrogen-bond acceptors (Lipinski definition) is 7. The zero-order chi connectivity index (χ0) is 16.8. The number of aromatic nitrogens is 5. The number of pyridine rings is 1. The molecule has 0 aliphatic heterocycles. The van der Waals surface area contributed by atoms with Gasteiger partial charge >= 0.3 is 0 Å². The summed E-state index contributed by atoms with van der Waals surface area (Å²) in [4.78, 5) is 16.6. The Morgan fingerprint density at radius 3 is 2.74 bits per heavy atom. The molecule has 3 aromatic heterocycles. The molecule has 0 aliphatic carbocycles. The first kappa shape index (κ1) is 15.3. The summed E-state index contributed by atoms with van der Waals surface area (Å²) in [5.41, 5.74) is 6.19. The maximum atomic E-state index is 10.4. The molecule has 0 atom stereocenters. The van der Waals surface area contributed by atoms with Crippen molar-refractivity contribution in [2.24, 2.45) is 0 Å². The van der Waals surface area contributed by atoms with E-state index in [4.69, 9.17) is 22.1 Å². The predicted molar refractivity (Wildman–Crippen MR) is 85.6 cm³/mol. The number of methoxy groups -OCH3 is 1. The van der Waals surface area contributed by atoms with Crippen molar-refractivity contribution in [3.8, 4) is 11.5 Å². The molecule has 0 saturated heterocycles. The number of aromatic hydroxyl groups is 1. The number of hydrogen-bond donors (Lipinski definition) is 2. The lowest BCUT2D eigenvalue weighted by atomic mass is 9.98. The van der Waals surface area contributed by atoms with Gasteiger partial charge in [0.05, 0.1) is 19.0 Å². The van der Waals surface area contributed by atoms with Gasteiger partial charge in [-0.25, -0.2) is 4.98 Å². The van der Waals surface area contributed by atoms with Crippen LogP contribution in [-0.4, -0.2) is 36.7 Å². The van der Waals surface area contributed by atoms with Crippen molar-refractivity contribution in [2.75, 3.05) is 12.8 Å². The number of fused-ring (bicyclic) bond motifs is 1. The van der Waals surface area contributed by atoms with Gasteiger partial charge in [-0.3, -0.25) is 4.98 Å². The molecule has 3 aromatic rings. The SMILES string of the molecule is COc1ccnc(C(C)(C)n2cnc3c(Cl)nc(N)nc32)c1O. The van der Waals surface area contributed by atoms with Gasteiger partial charge in [0.15, 0.2) is 22.3 Å². The van der Waals surface area contributed by atoms with Gasteiger partial charge in [0.1, 0.15) is 11.2 Å². The van der Waals surface area contributed by atoms with Gasteiger partial charge in [-0.2, -0.15) is 9.97 Å². The fourth-order valence-corrected chi connectivity index (χ4v) is 2.67. The van der Waals surface area contributed by atoms with Crippen molar-refractivity contribution >= 4 is 28.7 Å². The number of rotatable bonds is 3. The van der Waals surface area contributed by atoms with Gasteiger partial charge in [-0.15, -0.1) is 0 Å². The smallest absolute Gasteiger partial charge is 0.223 e. The maximum Gasteiger partial charge on any atom is 0.223 e. The third-order valence-electron chi connectivity index (χ3n) is 3.66. The number of nitrogens with two attached hydrogens (primary N) is 1. The summed E-state index contributed by atoms with van der Waals surface area (Å²) in [6.45, 7) is 3.73. The molecule has 120 valence electrons. The quantitative estimate of drug-likeness (QED) is 0.704. The Morgan fingerprint density at radius 2 is 2.04 bits per heavy atom. The van der Waals surface area contributed by atoms with Gasteiger partial charge in [-0.1, -0.05) is 11.6 Å². The monoisotopic (exact) mass is 334 g/mol. The lowest BCUT2D eigenvalue weighted by Crippen LogP contribution is -2.28. The second-order valence-corrected chi connectivity index (χ2v) is 5.79. The van der Waals surface area contributed by atoms with Crippen LogP contribution in [0.15, 0.2) is 18.6 Å². The van der Waals surface area contributed by atoms with Crippen LogP contribution in [0.1, 0.15) is 19.5 Å². The molecule has 0 bridgehead atoms. The predicted octanol–water partition coefficient (Wildman–Crippen LogP) is 1.95. The fourth-order valence-electron chi connectivity index (χ4n) is 2.45. The first-order valence-corrected chi connectivity index (χ1v) is 7.13. The molecular weight excluding hydrogens is 320 g/mol. The second kappa shape index (κ2) is 5.24. The van der Waals surface area contributed by atoms with Crippen molar-refractivity contribution in [3.05, 3.63) is 29.4 Å². The zero-order valence-electron chi connectivity index (χ0n) is 12.8. The average Bonchev–Trinajstić information content (AvgIpc) is 2.92. The summed E-state index contributed by atoms with van der Waals surface area (Å²) in [7, 11) is 1.48. The highest BCUT2D eigenvalue weighted by Gasteiger charge is 2.31.